The molecule has 1 aromatic carbocycles. The molecule has 23 heavy (non-hydrogen) atoms. The van der Waals surface area contributed by atoms with Crippen LogP contribution in [0.5, 0.6) is 0 Å². The molecular weight excluding hydrogens is 316 g/mol. The topological polar surface area (TPSA) is 82.3 Å². The summed E-state index contributed by atoms with van der Waals surface area (Å²) < 4.78 is 0. The molecule has 128 valence electrons. The van der Waals surface area contributed by atoms with E-state index < -0.39 is 0 Å². The average Bonchev–Trinajstić information content (AvgIpc) is 3.31. The van der Waals surface area contributed by atoms with Crippen molar-refractivity contribution in [3.05, 3.63) is 29.8 Å². The molecule has 6 nitrogen and oxygen atoms in total. The van der Waals surface area contributed by atoms with Gasteiger partial charge in [0.25, 0.3) is 5.91 Å². The molecule has 7 heteroatoms. The van der Waals surface area contributed by atoms with Crippen LogP contribution in [0.25, 0.3) is 0 Å². The van der Waals surface area contributed by atoms with E-state index in [0.29, 0.717) is 23.8 Å². The molecule has 0 radical (unpaired) electrons. The van der Waals surface area contributed by atoms with Crippen LogP contribution >= 0.6 is 12.4 Å². The maximum Gasteiger partial charge on any atom is 0.319 e. The number of carbonyl (C=O) groups excluding carboxylic acids is 2. The van der Waals surface area contributed by atoms with E-state index in [1.165, 1.54) is 0 Å². The summed E-state index contributed by atoms with van der Waals surface area (Å²) in [6.07, 6.45) is 3.16. The van der Waals surface area contributed by atoms with Gasteiger partial charge in [-0.2, -0.15) is 0 Å². The van der Waals surface area contributed by atoms with Gasteiger partial charge in [0.1, 0.15) is 0 Å². The van der Waals surface area contributed by atoms with Crippen molar-refractivity contribution in [2.24, 2.45) is 0 Å². The Morgan fingerprint density at radius 3 is 2.65 bits per heavy atom. The molecule has 0 heterocycles. The van der Waals surface area contributed by atoms with E-state index in [9.17, 15) is 9.59 Å². The summed E-state index contributed by atoms with van der Waals surface area (Å²) in [5.41, 5.74) is 1.16. The van der Waals surface area contributed by atoms with Crippen LogP contribution in [0.3, 0.4) is 0 Å². The summed E-state index contributed by atoms with van der Waals surface area (Å²) in [7, 11) is 0. The summed E-state index contributed by atoms with van der Waals surface area (Å²) in [5.74, 6) is -0.135. The third kappa shape index (κ3) is 7.34. The van der Waals surface area contributed by atoms with Crippen molar-refractivity contribution < 1.29 is 9.59 Å². The Labute approximate surface area is 143 Å². The van der Waals surface area contributed by atoms with Gasteiger partial charge in [0.15, 0.2) is 0 Å². The molecule has 0 aromatic heterocycles. The fourth-order valence-electron chi connectivity index (χ4n) is 1.99. The standard InChI is InChI=1S/C16H24N4O2.ClH/c1-2-8-17-9-10-18-15(21)12-4-3-5-14(11-12)20-16(22)19-13-6-7-13;/h3-5,11,13,17H,2,6-10H2,1H3,(H,18,21)(H2,19,20,22);1H. The van der Waals surface area contributed by atoms with Crippen LogP contribution in [0.15, 0.2) is 24.3 Å². The largest absolute Gasteiger partial charge is 0.351 e. The lowest BCUT2D eigenvalue weighted by Gasteiger charge is -2.09. The number of halogens is 1. The summed E-state index contributed by atoms with van der Waals surface area (Å²) in [4.78, 5) is 23.7. The third-order valence-electron chi connectivity index (χ3n) is 3.31. The lowest BCUT2D eigenvalue weighted by molar-refractivity contribution is 0.0954. The van der Waals surface area contributed by atoms with E-state index in [4.69, 9.17) is 0 Å². The van der Waals surface area contributed by atoms with Gasteiger partial charge in [-0.1, -0.05) is 13.0 Å². The van der Waals surface area contributed by atoms with Crippen LogP contribution in [0, 0.1) is 0 Å². The SMILES string of the molecule is CCCNCCNC(=O)c1cccc(NC(=O)NC2CC2)c1.Cl. The van der Waals surface area contributed by atoms with Crippen molar-refractivity contribution in [3.63, 3.8) is 0 Å². The molecule has 0 spiro atoms. The van der Waals surface area contributed by atoms with E-state index in [1.807, 2.05) is 0 Å². The quantitative estimate of drug-likeness (QED) is 0.547. The first-order valence-corrected chi connectivity index (χ1v) is 7.85. The highest BCUT2D eigenvalue weighted by molar-refractivity contribution is 5.96. The fraction of sp³-hybridized carbons (Fsp3) is 0.500. The molecular formula is C16H25ClN4O2. The minimum Gasteiger partial charge on any atom is -0.351 e. The third-order valence-corrected chi connectivity index (χ3v) is 3.31. The second kappa shape index (κ2) is 10.1. The Hall–Kier alpha value is -1.79. The molecule has 1 aromatic rings. The van der Waals surface area contributed by atoms with Crippen LogP contribution < -0.4 is 21.3 Å². The van der Waals surface area contributed by atoms with E-state index in [1.54, 1.807) is 24.3 Å². The van der Waals surface area contributed by atoms with Gasteiger partial charge >= 0.3 is 6.03 Å². The van der Waals surface area contributed by atoms with Gasteiger partial charge in [0.2, 0.25) is 0 Å². The van der Waals surface area contributed by atoms with Crippen molar-refractivity contribution in [1.29, 1.82) is 0 Å². The smallest absolute Gasteiger partial charge is 0.319 e. The molecule has 1 aliphatic carbocycles. The summed E-state index contributed by atoms with van der Waals surface area (Å²) in [6, 6.07) is 7.04. The van der Waals surface area contributed by atoms with Gasteiger partial charge in [-0.3, -0.25) is 4.79 Å². The number of benzene rings is 1. The van der Waals surface area contributed by atoms with Gasteiger partial charge in [0.05, 0.1) is 0 Å². The lowest BCUT2D eigenvalue weighted by atomic mass is 10.2. The molecule has 0 bridgehead atoms. The molecule has 0 unspecified atom stereocenters. The molecule has 0 saturated heterocycles. The number of nitrogens with one attached hydrogen (secondary N) is 4. The minimum absolute atomic E-state index is 0. The van der Waals surface area contributed by atoms with E-state index in [2.05, 4.69) is 28.2 Å². The van der Waals surface area contributed by atoms with Gasteiger partial charge in [-0.05, 0) is 44.0 Å². The van der Waals surface area contributed by atoms with E-state index in [0.717, 1.165) is 32.4 Å². The summed E-state index contributed by atoms with van der Waals surface area (Å²) in [5, 5.41) is 11.7. The second-order valence-corrected chi connectivity index (χ2v) is 5.46. The molecule has 2 rings (SSSR count). The average molecular weight is 341 g/mol. The molecule has 0 atom stereocenters. The Balaban J connectivity index is 0.00000264. The Morgan fingerprint density at radius 1 is 1.17 bits per heavy atom. The molecule has 0 aliphatic heterocycles. The van der Waals surface area contributed by atoms with E-state index >= 15 is 0 Å². The van der Waals surface area contributed by atoms with E-state index in [-0.39, 0.29) is 24.3 Å². The van der Waals surface area contributed by atoms with Crippen LogP contribution in [0.1, 0.15) is 36.5 Å². The van der Waals surface area contributed by atoms with Gasteiger partial charge < -0.3 is 21.3 Å². The second-order valence-electron chi connectivity index (χ2n) is 5.46. The summed E-state index contributed by atoms with van der Waals surface area (Å²) >= 11 is 0. The molecule has 1 saturated carbocycles. The predicted molar refractivity (Wildman–Crippen MR) is 94.4 cm³/mol. The van der Waals surface area contributed by atoms with Crippen molar-refractivity contribution >= 4 is 30.0 Å². The number of amides is 3. The zero-order valence-electron chi connectivity index (χ0n) is 13.4. The predicted octanol–water partition coefficient (Wildman–Crippen LogP) is 2.12. The lowest BCUT2D eigenvalue weighted by Crippen LogP contribution is -2.32. The monoisotopic (exact) mass is 340 g/mol. The van der Waals surface area contributed by atoms with Crippen molar-refractivity contribution in [1.82, 2.24) is 16.0 Å². The highest BCUT2D eigenvalue weighted by Gasteiger charge is 2.23. The van der Waals surface area contributed by atoms with Crippen LogP contribution in [0.4, 0.5) is 10.5 Å². The fourth-order valence-corrected chi connectivity index (χ4v) is 1.99. The van der Waals surface area contributed by atoms with Crippen LogP contribution in [-0.4, -0.2) is 37.6 Å². The number of anilines is 1. The highest BCUT2D eigenvalue weighted by Crippen LogP contribution is 2.19. The number of rotatable bonds is 8. The molecule has 3 amide bonds. The minimum atomic E-state index is -0.219. The Bertz CT molecular complexity index is 521. The maximum absolute atomic E-state index is 12.0. The van der Waals surface area contributed by atoms with Gasteiger partial charge in [-0.25, -0.2) is 4.79 Å². The zero-order valence-corrected chi connectivity index (χ0v) is 14.2. The van der Waals surface area contributed by atoms with Crippen molar-refractivity contribution in [3.8, 4) is 0 Å². The van der Waals surface area contributed by atoms with Gasteiger partial charge in [0, 0.05) is 30.4 Å². The molecule has 4 N–H and O–H groups in total. The maximum atomic E-state index is 12.0. The van der Waals surface area contributed by atoms with Crippen LogP contribution in [-0.2, 0) is 0 Å². The van der Waals surface area contributed by atoms with Crippen molar-refractivity contribution in [2.75, 3.05) is 25.0 Å². The number of carbonyl (C=O) groups is 2. The molecule has 1 fully saturated rings. The number of urea groups is 1. The van der Waals surface area contributed by atoms with Crippen molar-refractivity contribution in [2.45, 2.75) is 32.2 Å². The first-order chi connectivity index (χ1) is 10.7. The molecule has 1 aliphatic rings. The first-order valence-electron chi connectivity index (χ1n) is 7.85. The first kappa shape index (κ1) is 19.3. The Kier molecular flexibility index (Phi) is 8.43. The normalized spacial score (nSPS) is 12.9. The number of hydrogen-bond donors (Lipinski definition) is 4. The number of hydrogen-bond acceptors (Lipinski definition) is 3. The van der Waals surface area contributed by atoms with Crippen LogP contribution in [0.2, 0.25) is 0 Å². The van der Waals surface area contributed by atoms with Gasteiger partial charge in [-0.15, -0.1) is 12.4 Å². The zero-order chi connectivity index (χ0) is 15.8. The Morgan fingerprint density at radius 2 is 1.96 bits per heavy atom. The highest BCUT2D eigenvalue weighted by atomic mass is 35.5. The summed E-state index contributed by atoms with van der Waals surface area (Å²) in [6.45, 7) is 4.38.